The fourth-order valence-corrected chi connectivity index (χ4v) is 4.47. The van der Waals surface area contributed by atoms with E-state index in [4.69, 9.17) is 4.42 Å². The van der Waals surface area contributed by atoms with Crippen LogP contribution in [-0.4, -0.2) is 49.6 Å². The van der Waals surface area contributed by atoms with Crippen molar-refractivity contribution in [2.45, 2.75) is 24.6 Å². The van der Waals surface area contributed by atoms with E-state index >= 15 is 0 Å². The molecule has 0 aliphatic carbocycles. The molecule has 1 fully saturated rings. The first kappa shape index (κ1) is 20.4. The lowest BCUT2D eigenvalue weighted by Gasteiger charge is -2.13. The van der Waals surface area contributed by atoms with E-state index in [1.165, 1.54) is 16.4 Å². The van der Waals surface area contributed by atoms with Gasteiger partial charge in [0.25, 0.3) is 16.7 Å². The summed E-state index contributed by atoms with van der Waals surface area (Å²) >= 11 is 1.22. The molecule has 0 atom stereocenters. The van der Waals surface area contributed by atoms with Crippen LogP contribution in [0.3, 0.4) is 0 Å². The van der Waals surface area contributed by atoms with E-state index in [1.807, 2.05) is 53.4 Å². The minimum Gasteiger partial charge on any atom is -0.409 e. The Labute approximate surface area is 188 Å². The number of carbonyl (C=O) groups excluding carboxylic acids is 1. The van der Waals surface area contributed by atoms with Crippen molar-refractivity contribution < 1.29 is 9.21 Å². The molecule has 0 unspecified atom stereocenters. The molecule has 5 rings (SSSR count). The van der Waals surface area contributed by atoms with Crippen molar-refractivity contribution in [2.75, 3.05) is 18.8 Å². The molecule has 1 amide bonds. The monoisotopic (exact) mass is 447 g/mol. The summed E-state index contributed by atoms with van der Waals surface area (Å²) in [6, 6.07) is 16.9. The summed E-state index contributed by atoms with van der Waals surface area (Å²) in [6.07, 6.45) is 2.11. The lowest BCUT2D eigenvalue weighted by Crippen LogP contribution is -2.29. The molecule has 4 aromatic rings. The van der Waals surface area contributed by atoms with Crippen LogP contribution in [-0.2, 0) is 11.3 Å². The van der Waals surface area contributed by atoms with E-state index in [0.29, 0.717) is 28.2 Å². The fourth-order valence-electron chi connectivity index (χ4n) is 3.80. The van der Waals surface area contributed by atoms with Crippen molar-refractivity contribution in [3.05, 3.63) is 70.5 Å². The molecule has 1 saturated heterocycles. The number of benzene rings is 2. The molecule has 1 aliphatic heterocycles. The zero-order valence-corrected chi connectivity index (χ0v) is 18.1. The molecule has 1 aliphatic rings. The molecular weight excluding hydrogens is 426 g/mol. The van der Waals surface area contributed by atoms with Crippen LogP contribution in [0, 0.1) is 0 Å². The van der Waals surface area contributed by atoms with E-state index < -0.39 is 0 Å². The minimum absolute atomic E-state index is 0.0761. The third-order valence-corrected chi connectivity index (χ3v) is 6.23. The summed E-state index contributed by atoms with van der Waals surface area (Å²) in [5.74, 6) is 0.551. The second kappa shape index (κ2) is 8.96. The summed E-state index contributed by atoms with van der Waals surface area (Å²) in [7, 11) is 0. The highest BCUT2D eigenvalue weighted by Gasteiger charge is 2.21. The number of hydrogen-bond acceptors (Lipinski definition) is 7. The molecule has 2 aromatic carbocycles. The van der Waals surface area contributed by atoms with Crippen molar-refractivity contribution in [1.29, 1.82) is 0 Å². The van der Waals surface area contributed by atoms with Gasteiger partial charge in [0.05, 0.1) is 17.7 Å². The predicted molar refractivity (Wildman–Crippen MR) is 121 cm³/mol. The highest BCUT2D eigenvalue weighted by Crippen LogP contribution is 2.27. The Morgan fingerprint density at radius 2 is 1.69 bits per heavy atom. The van der Waals surface area contributed by atoms with Crippen molar-refractivity contribution >= 4 is 28.4 Å². The number of rotatable bonds is 6. The normalized spacial score (nSPS) is 13.7. The number of aromatic nitrogens is 4. The van der Waals surface area contributed by atoms with Gasteiger partial charge in [0.2, 0.25) is 5.91 Å². The van der Waals surface area contributed by atoms with Gasteiger partial charge in [-0.3, -0.25) is 9.59 Å². The Kier molecular flexibility index (Phi) is 5.72. The largest absolute Gasteiger partial charge is 0.409 e. The van der Waals surface area contributed by atoms with Gasteiger partial charge >= 0.3 is 0 Å². The van der Waals surface area contributed by atoms with Gasteiger partial charge in [-0.1, -0.05) is 60.3 Å². The average molecular weight is 448 g/mol. The van der Waals surface area contributed by atoms with Crippen LogP contribution in [0.4, 0.5) is 0 Å². The highest BCUT2D eigenvalue weighted by molar-refractivity contribution is 7.99. The number of nitrogens with zero attached hydrogens (tertiary/aromatic N) is 5. The van der Waals surface area contributed by atoms with Crippen LogP contribution in [0.5, 0.6) is 0 Å². The molecule has 0 spiro atoms. The molecule has 2 aromatic heterocycles. The molecule has 0 saturated carbocycles. The number of thioether (sulfide) groups is 1. The maximum Gasteiger partial charge on any atom is 0.277 e. The van der Waals surface area contributed by atoms with E-state index in [1.54, 1.807) is 6.07 Å². The van der Waals surface area contributed by atoms with Gasteiger partial charge in [-0.25, -0.2) is 4.68 Å². The molecule has 0 bridgehead atoms. The fraction of sp³-hybridized carbons (Fsp3) is 0.261. The lowest BCUT2D eigenvalue weighted by molar-refractivity contribution is -0.127. The third kappa shape index (κ3) is 4.16. The first-order valence-electron chi connectivity index (χ1n) is 10.5. The Morgan fingerprint density at radius 1 is 0.969 bits per heavy atom. The number of amides is 1. The summed E-state index contributed by atoms with van der Waals surface area (Å²) in [5.41, 5.74) is 1.23. The first-order chi connectivity index (χ1) is 15.7. The van der Waals surface area contributed by atoms with Crippen LogP contribution in [0.2, 0.25) is 0 Å². The zero-order valence-electron chi connectivity index (χ0n) is 17.3. The Bertz CT molecular complexity index is 1310. The Balaban J connectivity index is 1.45. The number of likely N-dealkylation sites (tertiary alicyclic amines) is 1. The Hall–Kier alpha value is -3.46. The summed E-state index contributed by atoms with van der Waals surface area (Å²) in [6.45, 7) is 1.96. The second-order valence-corrected chi connectivity index (χ2v) is 8.52. The number of fused-ring (bicyclic) bond motifs is 1. The van der Waals surface area contributed by atoms with Crippen molar-refractivity contribution in [3.63, 3.8) is 0 Å². The van der Waals surface area contributed by atoms with Gasteiger partial charge in [0, 0.05) is 18.5 Å². The molecule has 0 N–H and O–H groups in total. The van der Waals surface area contributed by atoms with Gasteiger partial charge in [-0.15, -0.1) is 10.2 Å². The summed E-state index contributed by atoms with van der Waals surface area (Å²) in [5, 5.41) is 14.3. The van der Waals surface area contributed by atoms with Gasteiger partial charge in [-0.05, 0) is 24.5 Å². The average Bonchev–Trinajstić information content (AvgIpc) is 3.53. The first-order valence-corrected chi connectivity index (χ1v) is 11.5. The third-order valence-electron chi connectivity index (χ3n) is 5.43. The van der Waals surface area contributed by atoms with Crippen LogP contribution in [0.15, 0.2) is 69.0 Å². The van der Waals surface area contributed by atoms with Gasteiger partial charge in [0.1, 0.15) is 0 Å². The maximum atomic E-state index is 13.0. The molecule has 32 heavy (non-hydrogen) atoms. The van der Waals surface area contributed by atoms with Crippen LogP contribution < -0.4 is 5.56 Å². The maximum absolute atomic E-state index is 13.0. The SMILES string of the molecule is O=C(CSc1nnc(-c2nn(Cc3ccccc3)c(=O)c3ccccc23)o1)N1CCCC1. The summed E-state index contributed by atoms with van der Waals surface area (Å²) < 4.78 is 7.25. The Morgan fingerprint density at radius 3 is 2.47 bits per heavy atom. The zero-order chi connectivity index (χ0) is 21.9. The molecule has 0 radical (unpaired) electrons. The van der Waals surface area contributed by atoms with Gasteiger partial charge in [0.15, 0.2) is 5.69 Å². The quantitative estimate of drug-likeness (QED) is 0.419. The topological polar surface area (TPSA) is 94.1 Å². The van der Waals surface area contributed by atoms with Crippen LogP contribution in [0.25, 0.3) is 22.4 Å². The predicted octanol–water partition coefficient (Wildman–Crippen LogP) is 3.21. The van der Waals surface area contributed by atoms with Gasteiger partial charge in [-0.2, -0.15) is 5.10 Å². The highest BCUT2D eigenvalue weighted by atomic mass is 32.2. The number of hydrogen-bond donors (Lipinski definition) is 0. The molecule has 162 valence electrons. The van der Waals surface area contributed by atoms with Crippen molar-refractivity contribution in [2.24, 2.45) is 0 Å². The second-order valence-electron chi connectivity index (χ2n) is 7.59. The standard InChI is InChI=1S/C23H21N5O3S/c29-19(27-12-6-7-13-27)15-32-23-25-24-21(31-23)20-17-10-4-5-11-18(17)22(30)28(26-20)14-16-8-2-1-3-9-16/h1-5,8-11H,6-7,12-15H2. The minimum atomic E-state index is -0.182. The van der Waals surface area contributed by atoms with E-state index in [0.717, 1.165) is 31.5 Å². The number of carbonyl (C=O) groups is 1. The molecular formula is C23H21N5O3S. The van der Waals surface area contributed by atoms with E-state index in [9.17, 15) is 9.59 Å². The van der Waals surface area contributed by atoms with Gasteiger partial charge < -0.3 is 9.32 Å². The van der Waals surface area contributed by atoms with E-state index in [-0.39, 0.29) is 23.1 Å². The van der Waals surface area contributed by atoms with Crippen LogP contribution in [0.1, 0.15) is 18.4 Å². The lowest BCUT2D eigenvalue weighted by atomic mass is 10.1. The van der Waals surface area contributed by atoms with Crippen molar-refractivity contribution in [3.8, 4) is 11.6 Å². The smallest absolute Gasteiger partial charge is 0.277 e. The molecule has 9 heteroatoms. The summed E-state index contributed by atoms with van der Waals surface area (Å²) in [4.78, 5) is 27.2. The van der Waals surface area contributed by atoms with Crippen molar-refractivity contribution in [1.82, 2.24) is 24.9 Å². The van der Waals surface area contributed by atoms with E-state index in [2.05, 4.69) is 15.3 Å². The molecule has 3 heterocycles. The van der Waals surface area contributed by atoms with Crippen LogP contribution >= 0.6 is 11.8 Å². The molecule has 8 nitrogen and oxygen atoms in total.